The van der Waals surface area contributed by atoms with E-state index in [4.69, 9.17) is 18.9 Å². The first-order valence-corrected chi connectivity index (χ1v) is 30.6. The molecule has 4 fully saturated rings. The van der Waals surface area contributed by atoms with Gasteiger partial charge in [-0.15, -0.1) is 0 Å². The summed E-state index contributed by atoms with van der Waals surface area (Å²) < 4.78 is 106. The number of rotatable bonds is 21. The molecule has 6 rings (SSSR count). The first-order chi connectivity index (χ1) is 37.1. The van der Waals surface area contributed by atoms with Crippen molar-refractivity contribution in [2.75, 3.05) is 52.8 Å². The number of hydrogen-bond acceptors (Lipinski definition) is 14. The number of nitrogens with one attached hydrogen (secondary N) is 2. The van der Waals surface area contributed by atoms with Gasteiger partial charge in [-0.2, -0.15) is 8.61 Å². The van der Waals surface area contributed by atoms with Gasteiger partial charge in [0, 0.05) is 52.4 Å². The van der Waals surface area contributed by atoms with E-state index >= 15 is 9.59 Å². The van der Waals surface area contributed by atoms with Crippen LogP contribution in [0.25, 0.3) is 0 Å². The Balaban J connectivity index is 1.27. The highest BCUT2D eigenvalue weighted by molar-refractivity contribution is 7.88. The van der Waals surface area contributed by atoms with Crippen LogP contribution in [-0.4, -0.2) is 205 Å². The number of nitrogens with zero attached hydrogens (tertiary/aromatic N) is 6. The van der Waals surface area contributed by atoms with Crippen LogP contribution < -0.4 is 10.6 Å². The average Bonchev–Trinajstić information content (AvgIpc) is 4.37. The Morgan fingerprint density at radius 2 is 0.925 bits per heavy atom. The normalized spacial score (nSPS) is 23.1. The van der Waals surface area contributed by atoms with Crippen LogP contribution in [-0.2, 0) is 71.4 Å². The fourth-order valence-electron chi connectivity index (χ4n) is 10.6. The van der Waals surface area contributed by atoms with Crippen LogP contribution in [0.3, 0.4) is 0 Å². The minimum absolute atomic E-state index is 0.0204. The number of likely N-dealkylation sites (N-methyl/N-ethyl adjacent to an activating group) is 2. The molecule has 0 aromatic heterocycles. The zero-order valence-corrected chi connectivity index (χ0v) is 49.5. The molecule has 4 aliphatic heterocycles. The Kier molecular flexibility index (Phi) is 20.5. The van der Waals surface area contributed by atoms with E-state index in [9.17, 15) is 44.8 Å². The van der Waals surface area contributed by atoms with E-state index in [0.717, 1.165) is 22.3 Å². The van der Waals surface area contributed by atoms with Crippen molar-refractivity contribution in [3.05, 3.63) is 71.3 Å². The van der Waals surface area contributed by atoms with Crippen LogP contribution in [0.2, 0.25) is 0 Å². The van der Waals surface area contributed by atoms with Gasteiger partial charge in [0.2, 0.25) is 43.7 Å². The molecular weight excluding hydrogens is 1090 g/mol. The molecule has 2 aromatic rings. The largest absolute Gasteiger partial charge is 0.444 e. The van der Waals surface area contributed by atoms with Gasteiger partial charge in [0.15, 0.2) is 0 Å². The number of benzene rings is 2. The monoisotopic (exact) mass is 1170 g/mol. The third kappa shape index (κ3) is 16.1. The number of carbonyl (C=O) groups excluding carboxylic acids is 6. The molecule has 0 bridgehead atoms. The smallest absolute Gasteiger partial charge is 0.410 e. The third-order valence-corrected chi connectivity index (χ3v) is 17.5. The fourth-order valence-corrected chi connectivity index (χ4v) is 12.9. The molecule has 0 saturated carbocycles. The third-order valence-electron chi connectivity index (χ3n) is 15.0. The van der Waals surface area contributed by atoms with Gasteiger partial charge in [0.1, 0.15) is 47.0 Å². The summed E-state index contributed by atoms with van der Waals surface area (Å²) in [6.45, 7) is 13.0. The number of hydrogen-bond donors (Lipinski definition) is 2. The van der Waals surface area contributed by atoms with Gasteiger partial charge < -0.3 is 39.4 Å². The molecule has 446 valence electrons. The maximum atomic E-state index is 15.1. The van der Waals surface area contributed by atoms with Crippen molar-refractivity contribution in [2.24, 2.45) is 0 Å². The van der Waals surface area contributed by atoms with Gasteiger partial charge in [-0.25, -0.2) is 35.2 Å². The Bertz CT molecular complexity index is 2600. The van der Waals surface area contributed by atoms with Crippen molar-refractivity contribution in [3.63, 3.8) is 0 Å². The Morgan fingerprint density at radius 3 is 1.23 bits per heavy atom. The quantitative estimate of drug-likeness (QED) is 0.168. The van der Waals surface area contributed by atoms with Crippen LogP contribution >= 0.6 is 0 Å². The van der Waals surface area contributed by atoms with Gasteiger partial charge >= 0.3 is 12.2 Å². The molecule has 80 heavy (non-hydrogen) atoms. The van der Waals surface area contributed by atoms with Gasteiger partial charge in [0.25, 0.3) is 0 Å². The highest BCUT2D eigenvalue weighted by atomic mass is 32.2. The highest BCUT2D eigenvalue weighted by Crippen LogP contribution is 2.38. The molecule has 2 N–H and O–H groups in total. The second-order valence-corrected chi connectivity index (χ2v) is 27.2. The van der Waals surface area contributed by atoms with Gasteiger partial charge in [-0.05, 0) is 116 Å². The maximum Gasteiger partial charge on any atom is 0.410 e. The number of sulfonamides is 2. The fraction of sp³-hybridized carbons (Fsp3) is 0.667. The zero-order valence-electron chi connectivity index (χ0n) is 47.8. The van der Waals surface area contributed by atoms with Crippen molar-refractivity contribution in [2.45, 2.75) is 179 Å². The van der Waals surface area contributed by atoms with Crippen molar-refractivity contribution in [3.8, 4) is 0 Å². The average molecular weight is 1170 g/mol. The summed E-state index contributed by atoms with van der Waals surface area (Å²) in [4.78, 5) is 89.9. The lowest BCUT2D eigenvalue weighted by molar-refractivity contribution is -0.140. The summed E-state index contributed by atoms with van der Waals surface area (Å²) >= 11 is 0. The second-order valence-electron chi connectivity index (χ2n) is 23.3. The number of unbranched alkanes of at least 4 members (excludes halogenated alkanes) is 1. The molecular formula is C54H80F2N8O14S2. The second kappa shape index (κ2) is 25.7. The first kappa shape index (κ1) is 63.6. The SMILES string of the molecule is CC(C(=O)NC(CCCCC(NC(=O)C(C)N(C)C(=O)OC(C)(C)C)C(=O)N1CCC2C1C(OCc1ccc(F)cc1)CN2S(C)(=O)=O)C(=O)N1CCC2C1C(OCc1ccc(F)cc1)CN2S(C)(=O)=O)N(C)C(=O)OC(C)(C)C. The number of amides is 6. The molecule has 0 aliphatic carbocycles. The molecule has 4 aliphatic rings. The lowest BCUT2D eigenvalue weighted by atomic mass is 10.0. The van der Waals surface area contributed by atoms with Crippen LogP contribution in [0.1, 0.15) is 105 Å². The van der Waals surface area contributed by atoms with Crippen molar-refractivity contribution in [1.29, 1.82) is 0 Å². The summed E-state index contributed by atoms with van der Waals surface area (Å²) in [5.41, 5.74) is -0.557. The molecule has 10 unspecified atom stereocenters. The van der Waals surface area contributed by atoms with E-state index in [1.165, 1.54) is 94.9 Å². The predicted molar refractivity (Wildman–Crippen MR) is 290 cm³/mol. The molecule has 4 saturated heterocycles. The van der Waals surface area contributed by atoms with Crippen LogP contribution in [0, 0.1) is 11.6 Å². The molecule has 6 amide bonds. The Labute approximate surface area is 469 Å². The van der Waals surface area contributed by atoms with Crippen molar-refractivity contribution in [1.82, 2.24) is 38.8 Å². The molecule has 0 radical (unpaired) electrons. The Hall–Kier alpha value is -5.54. The molecule has 26 heteroatoms. The number of likely N-dealkylation sites (tertiary alicyclic amines) is 2. The topological polar surface area (TPSA) is 251 Å². The van der Waals surface area contributed by atoms with Gasteiger partial charge in [-0.3, -0.25) is 29.0 Å². The minimum atomic E-state index is -3.80. The number of carbonyl (C=O) groups is 6. The summed E-state index contributed by atoms with van der Waals surface area (Å²) in [6.07, 6.45) is -0.356. The van der Waals surface area contributed by atoms with E-state index in [2.05, 4.69) is 10.6 Å². The van der Waals surface area contributed by atoms with Crippen molar-refractivity contribution < 1.29 is 73.3 Å². The molecule has 4 heterocycles. The van der Waals surface area contributed by atoms with Gasteiger partial charge in [0.05, 0.1) is 50.0 Å². The zero-order chi connectivity index (χ0) is 59.4. The number of ether oxygens (including phenoxy) is 4. The molecule has 0 spiro atoms. The van der Waals surface area contributed by atoms with E-state index in [1.807, 2.05) is 0 Å². The number of halogens is 2. The molecule has 2 aromatic carbocycles. The molecule has 10 atom stereocenters. The molecule has 22 nitrogen and oxygen atoms in total. The van der Waals surface area contributed by atoms with E-state index < -0.39 is 139 Å². The van der Waals surface area contributed by atoms with E-state index in [0.29, 0.717) is 11.1 Å². The maximum absolute atomic E-state index is 15.1. The summed E-state index contributed by atoms with van der Waals surface area (Å²) in [5.74, 6) is -3.44. The standard InChI is InChI=1S/C54H80F2N8O14S2/c1-33(59(9)51(69)77-53(3,4)5)47(65)57-39(49(67)61-27-25-41-45(61)43(29-63(41)79(11,71)72)75-31-35-17-21-37(55)22-18-35)15-13-14-16-40(58-48(66)34(2)60(10)52(70)78-54(6,7)8)50(68)62-28-26-42-46(62)44(30-64(42)80(12,73)74)76-32-36-19-23-38(56)24-20-36/h17-24,33-34,39-46H,13-16,25-32H2,1-12H3,(H,57,65)(H,58,66). The Morgan fingerprint density at radius 1 is 0.600 bits per heavy atom. The van der Waals surface area contributed by atoms with Crippen LogP contribution in [0.4, 0.5) is 18.4 Å². The highest BCUT2D eigenvalue weighted by Gasteiger charge is 2.56. The van der Waals surface area contributed by atoms with Crippen molar-refractivity contribution >= 4 is 55.9 Å². The number of fused-ring (bicyclic) bond motifs is 2. The summed E-state index contributed by atoms with van der Waals surface area (Å²) in [5, 5.41) is 5.68. The summed E-state index contributed by atoms with van der Waals surface area (Å²) in [6, 6.07) is 3.46. The van der Waals surface area contributed by atoms with E-state index in [-0.39, 0.29) is 77.9 Å². The lowest BCUT2D eigenvalue weighted by Gasteiger charge is -2.34. The van der Waals surface area contributed by atoms with Crippen LogP contribution in [0.5, 0.6) is 0 Å². The minimum Gasteiger partial charge on any atom is -0.444 e. The lowest BCUT2D eigenvalue weighted by Crippen LogP contribution is -2.57. The van der Waals surface area contributed by atoms with Crippen LogP contribution in [0.15, 0.2) is 48.5 Å². The van der Waals surface area contributed by atoms with Gasteiger partial charge in [-0.1, -0.05) is 37.1 Å². The van der Waals surface area contributed by atoms with E-state index in [1.54, 1.807) is 41.5 Å². The first-order valence-electron chi connectivity index (χ1n) is 26.9. The summed E-state index contributed by atoms with van der Waals surface area (Å²) in [7, 11) is -4.84. The predicted octanol–water partition coefficient (Wildman–Crippen LogP) is 3.97.